The molecule has 1 amide bonds. The number of nitrogens with zero attached hydrogens (tertiary/aromatic N) is 4. The maximum Gasteiger partial charge on any atom is 0.265 e. The summed E-state index contributed by atoms with van der Waals surface area (Å²) in [5.41, 5.74) is 1.80. The van der Waals surface area contributed by atoms with Crippen LogP contribution in [0, 0.1) is 0 Å². The van der Waals surface area contributed by atoms with Crippen molar-refractivity contribution >= 4 is 33.1 Å². The van der Waals surface area contributed by atoms with E-state index in [1.807, 2.05) is 19.0 Å². The van der Waals surface area contributed by atoms with Gasteiger partial charge in [-0.3, -0.25) is 4.79 Å². The quantitative estimate of drug-likeness (QED) is 0.843. The molecule has 8 nitrogen and oxygen atoms in total. The summed E-state index contributed by atoms with van der Waals surface area (Å²) in [5.74, 6) is 0.498. The van der Waals surface area contributed by atoms with Crippen molar-refractivity contribution in [2.24, 2.45) is 5.14 Å². The summed E-state index contributed by atoms with van der Waals surface area (Å²) in [6.45, 7) is 0.793. The first-order valence-electron chi connectivity index (χ1n) is 7.18. The van der Waals surface area contributed by atoms with Gasteiger partial charge in [0.25, 0.3) is 5.91 Å². The molecule has 3 heterocycles. The number of carbonyl (C=O) groups is 1. The minimum absolute atomic E-state index is 0.125. The predicted octanol–water partition coefficient (Wildman–Crippen LogP) is 0.450. The minimum atomic E-state index is -3.92. The predicted molar refractivity (Wildman–Crippen MR) is 90.5 cm³/mol. The molecule has 0 saturated carbocycles. The van der Waals surface area contributed by atoms with Crippen LogP contribution in [0.25, 0.3) is 0 Å². The third-order valence-corrected chi connectivity index (χ3v) is 5.81. The van der Waals surface area contributed by atoms with Crippen LogP contribution in [-0.4, -0.2) is 49.8 Å². The Morgan fingerprint density at radius 3 is 2.79 bits per heavy atom. The molecule has 0 radical (unpaired) electrons. The molecule has 0 unspecified atom stereocenters. The van der Waals surface area contributed by atoms with E-state index in [4.69, 9.17) is 5.14 Å². The number of fused-ring (bicyclic) bond motifs is 1. The Bertz CT molecular complexity index is 892. The molecule has 0 bridgehead atoms. The van der Waals surface area contributed by atoms with Gasteiger partial charge >= 0.3 is 0 Å². The van der Waals surface area contributed by atoms with Crippen LogP contribution in [0.3, 0.4) is 0 Å². The maximum atomic E-state index is 12.7. The first-order valence-corrected chi connectivity index (χ1v) is 9.61. The van der Waals surface area contributed by atoms with Gasteiger partial charge in [0, 0.05) is 26.2 Å². The second-order valence-corrected chi connectivity index (χ2v) is 8.10. The number of amides is 1. The van der Waals surface area contributed by atoms with Crippen LogP contribution in [0.4, 0.5) is 5.82 Å². The Balaban J connectivity index is 1.90. The van der Waals surface area contributed by atoms with Crippen LogP contribution in [0.1, 0.15) is 20.9 Å². The number of hydrogen-bond acceptors (Lipinski definition) is 7. The lowest BCUT2D eigenvalue weighted by Crippen LogP contribution is -2.37. The molecule has 24 heavy (non-hydrogen) atoms. The van der Waals surface area contributed by atoms with Gasteiger partial charge in [0.1, 0.15) is 21.9 Å². The van der Waals surface area contributed by atoms with Crippen molar-refractivity contribution < 1.29 is 13.2 Å². The second kappa shape index (κ2) is 6.11. The van der Waals surface area contributed by atoms with Crippen molar-refractivity contribution in [2.45, 2.75) is 17.9 Å². The van der Waals surface area contributed by atoms with Crippen molar-refractivity contribution in [3.63, 3.8) is 0 Å². The lowest BCUT2D eigenvalue weighted by Gasteiger charge is -2.29. The number of thiophene rings is 1. The summed E-state index contributed by atoms with van der Waals surface area (Å²) in [6.07, 6.45) is 2.09. The van der Waals surface area contributed by atoms with Crippen LogP contribution in [0.5, 0.6) is 0 Å². The molecular formula is C14H17N5O3S2. The molecule has 3 rings (SSSR count). The molecule has 0 atom stereocenters. The van der Waals surface area contributed by atoms with Crippen molar-refractivity contribution in [1.29, 1.82) is 0 Å². The molecule has 10 heteroatoms. The average Bonchev–Trinajstić information content (AvgIpc) is 3.02. The highest BCUT2D eigenvalue weighted by Gasteiger charge is 2.29. The third-order valence-electron chi connectivity index (χ3n) is 3.82. The van der Waals surface area contributed by atoms with E-state index in [1.54, 1.807) is 10.3 Å². The maximum absolute atomic E-state index is 12.7. The smallest absolute Gasteiger partial charge is 0.265 e. The molecule has 1 aliphatic rings. The van der Waals surface area contributed by atoms with E-state index in [0.717, 1.165) is 28.4 Å². The zero-order chi connectivity index (χ0) is 17.5. The van der Waals surface area contributed by atoms with E-state index in [2.05, 4.69) is 9.97 Å². The zero-order valence-electron chi connectivity index (χ0n) is 13.3. The van der Waals surface area contributed by atoms with Crippen LogP contribution < -0.4 is 10.0 Å². The summed E-state index contributed by atoms with van der Waals surface area (Å²) in [7, 11) is -0.108. The number of primary sulfonamides is 1. The van der Waals surface area contributed by atoms with Gasteiger partial charge in [-0.25, -0.2) is 23.5 Å². The number of anilines is 1. The van der Waals surface area contributed by atoms with Gasteiger partial charge in [-0.2, -0.15) is 0 Å². The first kappa shape index (κ1) is 16.8. The van der Waals surface area contributed by atoms with Crippen molar-refractivity contribution in [1.82, 2.24) is 14.9 Å². The molecule has 0 aliphatic carbocycles. The van der Waals surface area contributed by atoms with Crippen LogP contribution in [-0.2, 0) is 23.0 Å². The molecule has 128 valence electrons. The molecule has 2 N–H and O–H groups in total. The average molecular weight is 367 g/mol. The van der Waals surface area contributed by atoms with Gasteiger partial charge in [-0.05, 0) is 17.9 Å². The fourth-order valence-electron chi connectivity index (χ4n) is 2.72. The van der Waals surface area contributed by atoms with E-state index in [1.165, 1.54) is 12.4 Å². The third kappa shape index (κ3) is 2.99. The van der Waals surface area contributed by atoms with Gasteiger partial charge in [0.15, 0.2) is 0 Å². The Hall–Kier alpha value is -2.04. The topological polar surface area (TPSA) is 109 Å². The Morgan fingerprint density at radius 1 is 1.38 bits per heavy atom. The van der Waals surface area contributed by atoms with E-state index in [9.17, 15) is 13.2 Å². The fraction of sp³-hybridized carbons (Fsp3) is 0.357. The lowest BCUT2D eigenvalue weighted by molar-refractivity contribution is 0.0733. The second-order valence-electron chi connectivity index (χ2n) is 5.65. The number of carbonyl (C=O) groups excluding carboxylic acids is 1. The SMILES string of the molecule is CN(C)c1ncnc2c1CCN(C(=O)c1sccc1S(N)(=O)=O)C2. The summed E-state index contributed by atoms with van der Waals surface area (Å²) < 4.78 is 23.2. The molecule has 0 spiro atoms. The molecule has 2 aromatic heterocycles. The van der Waals surface area contributed by atoms with Crippen LogP contribution in [0.15, 0.2) is 22.7 Å². The number of nitrogens with two attached hydrogens (primary N) is 1. The van der Waals surface area contributed by atoms with Gasteiger partial charge in [0.05, 0.1) is 12.2 Å². The largest absolute Gasteiger partial charge is 0.362 e. The minimum Gasteiger partial charge on any atom is -0.362 e. The number of hydrogen-bond donors (Lipinski definition) is 1. The van der Waals surface area contributed by atoms with Gasteiger partial charge in [0.2, 0.25) is 10.0 Å². The van der Waals surface area contributed by atoms with Crippen molar-refractivity contribution in [3.05, 3.63) is 33.9 Å². The highest BCUT2D eigenvalue weighted by atomic mass is 32.2. The monoisotopic (exact) mass is 367 g/mol. The highest BCUT2D eigenvalue weighted by molar-refractivity contribution is 7.89. The Morgan fingerprint density at radius 2 is 2.12 bits per heavy atom. The first-order chi connectivity index (χ1) is 11.3. The van der Waals surface area contributed by atoms with E-state index >= 15 is 0 Å². The highest BCUT2D eigenvalue weighted by Crippen LogP contribution is 2.28. The Labute approximate surface area is 144 Å². The fourth-order valence-corrected chi connectivity index (χ4v) is 4.65. The Kier molecular flexibility index (Phi) is 4.28. The zero-order valence-corrected chi connectivity index (χ0v) is 14.9. The van der Waals surface area contributed by atoms with Crippen molar-refractivity contribution in [3.8, 4) is 0 Å². The molecule has 2 aromatic rings. The number of aromatic nitrogens is 2. The van der Waals surface area contributed by atoms with Gasteiger partial charge < -0.3 is 9.80 Å². The molecule has 0 saturated heterocycles. The molecule has 0 aromatic carbocycles. The lowest BCUT2D eigenvalue weighted by atomic mass is 10.1. The van der Waals surface area contributed by atoms with E-state index in [0.29, 0.717) is 19.5 Å². The summed E-state index contributed by atoms with van der Waals surface area (Å²) >= 11 is 1.08. The summed E-state index contributed by atoms with van der Waals surface area (Å²) in [6, 6.07) is 1.36. The molecule has 1 aliphatic heterocycles. The number of sulfonamides is 1. The van der Waals surface area contributed by atoms with Gasteiger partial charge in [-0.15, -0.1) is 11.3 Å². The van der Waals surface area contributed by atoms with Crippen molar-refractivity contribution in [2.75, 3.05) is 25.5 Å². The van der Waals surface area contributed by atoms with Gasteiger partial charge in [-0.1, -0.05) is 0 Å². The van der Waals surface area contributed by atoms with E-state index in [-0.39, 0.29) is 15.7 Å². The standard InChI is InChI=1S/C14H17N5O3S2/c1-18(2)13-9-3-5-19(7-10(9)16-8-17-13)14(20)12-11(4-6-23-12)24(15,21)22/h4,6,8H,3,5,7H2,1-2H3,(H2,15,21,22). The van der Waals surface area contributed by atoms with E-state index < -0.39 is 10.0 Å². The molecular weight excluding hydrogens is 350 g/mol. The summed E-state index contributed by atoms with van der Waals surface area (Å²) in [4.78, 5) is 24.8. The number of rotatable bonds is 3. The normalized spacial score (nSPS) is 14.4. The van der Waals surface area contributed by atoms with Crippen LogP contribution in [0.2, 0.25) is 0 Å². The summed E-state index contributed by atoms with van der Waals surface area (Å²) in [5, 5.41) is 6.73. The molecule has 0 fully saturated rings. The van der Waals surface area contributed by atoms with Crippen LogP contribution >= 0.6 is 11.3 Å².